The van der Waals surface area contributed by atoms with Crippen molar-refractivity contribution in [3.63, 3.8) is 0 Å². The van der Waals surface area contributed by atoms with Crippen LogP contribution in [-0.2, 0) is 0 Å². The quantitative estimate of drug-likeness (QED) is 0.341. The van der Waals surface area contributed by atoms with Crippen LogP contribution in [0, 0.1) is 21.0 Å². The number of rotatable bonds is 5. The van der Waals surface area contributed by atoms with E-state index in [4.69, 9.17) is 0 Å². The summed E-state index contributed by atoms with van der Waals surface area (Å²) < 4.78 is 47.6. The topological polar surface area (TPSA) is 75.6 Å². The molecule has 1 aromatic heterocycles. The van der Waals surface area contributed by atoms with E-state index in [9.17, 15) is 27.9 Å². The monoisotopic (exact) mass is 533 g/mol. The number of carboxylic acids is 1. The fourth-order valence-corrected chi connectivity index (χ4v) is 4.13. The second-order valence-electron chi connectivity index (χ2n) is 5.69. The summed E-state index contributed by atoms with van der Waals surface area (Å²) in [5, 5.41) is 13.1. The van der Waals surface area contributed by atoms with Crippen molar-refractivity contribution in [1.82, 2.24) is 0 Å². The molecule has 0 aliphatic rings. The molecule has 0 saturated carbocycles. The molecule has 2 N–H and O–H groups in total. The third-order valence-electron chi connectivity index (χ3n) is 3.94. The zero-order valence-electron chi connectivity index (χ0n) is 14.6. The summed E-state index contributed by atoms with van der Waals surface area (Å²) in [6, 6.07) is 7.54. The molecule has 1 heterocycles. The Kier molecular flexibility index (Phi) is 6.13. The number of benzene rings is 2. The van der Waals surface area contributed by atoms with Crippen molar-refractivity contribution >= 4 is 50.8 Å². The molecule has 3 rings (SSSR count). The van der Waals surface area contributed by atoms with Crippen molar-refractivity contribution in [1.29, 1.82) is 0 Å². The minimum atomic E-state index is -1.73. The smallest absolute Gasteiger partial charge is 0.339 e. The van der Waals surface area contributed by atoms with Crippen LogP contribution in [0.25, 0.3) is 11.1 Å². The number of carbonyl (C=O) groups excluding carboxylic acids is 1. The minimum Gasteiger partial charge on any atom is -0.493 e. The number of carbonyl (C=O) groups is 2. The number of nitrogens with one attached hydrogen (secondary N) is 1. The molecule has 10 heteroatoms. The van der Waals surface area contributed by atoms with E-state index < -0.39 is 40.6 Å². The van der Waals surface area contributed by atoms with E-state index in [1.807, 2.05) is 6.07 Å². The maximum Gasteiger partial charge on any atom is 0.339 e. The average Bonchev–Trinajstić information content (AvgIpc) is 3.08. The zero-order valence-corrected chi connectivity index (χ0v) is 17.5. The van der Waals surface area contributed by atoms with Crippen LogP contribution in [0.1, 0.15) is 20.7 Å². The number of methoxy groups -OCH3 is 1. The first kappa shape index (κ1) is 21.1. The highest BCUT2D eigenvalue weighted by molar-refractivity contribution is 14.1. The van der Waals surface area contributed by atoms with Crippen molar-refractivity contribution in [2.45, 2.75) is 0 Å². The number of aromatic carboxylic acids is 1. The Hall–Kier alpha value is -2.60. The molecular formula is C19H11F3INO4S. The van der Waals surface area contributed by atoms with Gasteiger partial charge in [-0.1, -0.05) is 12.1 Å². The molecule has 150 valence electrons. The third kappa shape index (κ3) is 4.08. The number of anilines is 1. The minimum absolute atomic E-state index is 0.133. The van der Waals surface area contributed by atoms with Crippen LogP contribution in [-0.4, -0.2) is 24.1 Å². The van der Waals surface area contributed by atoms with Gasteiger partial charge >= 0.3 is 5.97 Å². The highest BCUT2D eigenvalue weighted by Gasteiger charge is 2.27. The molecule has 0 atom stereocenters. The van der Waals surface area contributed by atoms with Crippen LogP contribution >= 0.6 is 33.9 Å². The molecule has 3 aromatic rings. The van der Waals surface area contributed by atoms with E-state index in [-0.39, 0.29) is 10.6 Å². The van der Waals surface area contributed by atoms with E-state index in [1.54, 1.807) is 18.2 Å². The summed E-state index contributed by atoms with van der Waals surface area (Å²) in [5.74, 6) is -7.95. The maximum atomic E-state index is 14.2. The highest BCUT2D eigenvalue weighted by atomic mass is 127. The van der Waals surface area contributed by atoms with Crippen molar-refractivity contribution in [2.75, 3.05) is 12.4 Å². The van der Waals surface area contributed by atoms with E-state index in [1.165, 1.54) is 5.38 Å². The van der Waals surface area contributed by atoms with Crippen LogP contribution in [0.4, 0.5) is 18.2 Å². The first-order valence-corrected chi connectivity index (χ1v) is 9.84. The lowest BCUT2D eigenvalue weighted by Crippen LogP contribution is -2.18. The van der Waals surface area contributed by atoms with E-state index in [2.05, 4.69) is 32.6 Å². The van der Waals surface area contributed by atoms with Gasteiger partial charge in [-0.3, -0.25) is 4.79 Å². The standard InChI is InChI=1S/C19H11F3INO4S/c1-28-12-6-11(20)14(16(22)15(12)21)17(25)24-18-13(19(26)27)10(7-29-18)8-3-2-4-9(23)5-8/h2-7H,1H3,(H,24,25)(H,26,27). The Labute approximate surface area is 180 Å². The average molecular weight is 533 g/mol. The Morgan fingerprint density at radius 1 is 1.14 bits per heavy atom. The van der Waals surface area contributed by atoms with Crippen molar-refractivity contribution < 1.29 is 32.6 Å². The number of halogens is 4. The normalized spacial score (nSPS) is 10.7. The molecule has 29 heavy (non-hydrogen) atoms. The predicted molar refractivity (Wildman–Crippen MR) is 110 cm³/mol. The van der Waals surface area contributed by atoms with Gasteiger partial charge in [0.05, 0.1) is 7.11 Å². The fraction of sp³-hybridized carbons (Fsp3) is 0.0526. The molecule has 5 nitrogen and oxygen atoms in total. The molecule has 2 aromatic carbocycles. The predicted octanol–water partition coefficient (Wildman–Crippen LogP) is 5.40. The van der Waals surface area contributed by atoms with Gasteiger partial charge < -0.3 is 15.2 Å². The number of hydrogen-bond donors (Lipinski definition) is 2. The van der Waals surface area contributed by atoms with Gasteiger partial charge in [0.2, 0.25) is 5.82 Å². The second-order valence-corrected chi connectivity index (χ2v) is 7.81. The lowest BCUT2D eigenvalue weighted by atomic mass is 10.0. The Balaban J connectivity index is 2.03. The van der Waals surface area contributed by atoms with E-state index in [0.717, 1.165) is 22.0 Å². The Bertz CT molecular complexity index is 1130. The Morgan fingerprint density at radius 3 is 2.48 bits per heavy atom. The van der Waals surface area contributed by atoms with Crippen LogP contribution in [0.15, 0.2) is 35.7 Å². The van der Waals surface area contributed by atoms with Gasteiger partial charge in [0.25, 0.3) is 5.91 Å². The van der Waals surface area contributed by atoms with Gasteiger partial charge in [-0.25, -0.2) is 13.6 Å². The van der Waals surface area contributed by atoms with Crippen molar-refractivity contribution in [3.05, 3.63) is 67.9 Å². The number of hydrogen-bond acceptors (Lipinski definition) is 4. The van der Waals surface area contributed by atoms with Crippen LogP contribution in [0.3, 0.4) is 0 Å². The van der Waals surface area contributed by atoms with Gasteiger partial charge in [0.1, 0.15) is 21.9 Å². The van der Waals surface area contributed by atoms with Crippen LogP contribution in [0.5, 0.6) is 5.75 Å². The summed E-state index contributed by atoms with van der Waals surface area (Å²) in [5.41, 5.74) is -0.485. The largest absolute Gasteiger partial charge is 0.493 e. The first-order chi connectivity index (χ1) is 13.7. The molecule has 0 bridgehead atoms. The molecule has 1 amide bonds. The van der Waals surface area contributed by atoms with Crippen LogP contribution < -0.4 is 10.1 Å². The summed E-state index contributed by atoms with van der Waals surface area (Å²) in [4.78, 5) is 24.2. The number of thiophene rings is 1. The molecule has 0 unspecified atom stereocenters. The van der Waals surface area contributed by atoms with Gasteiger partial charge in [-0.05, 0) is 40.3 Å². The summed E-state index contributed by atoms with van der Waals surface area (Å²) in [6.45, 7) is 0. The molecule has 0 saturated heterocycles. The first-order valence-electron chi connectivity index (χ1n) is 7.88. The number of carboxylic acid groups (broad SMARTS) is 1. The molecular weight excluding hydrogens is 522 g/mol. The van der Waals surface area contributed by atoms with Crippen molar-refractivity contribution in [3.8, 4) is 16.9 Å². The van der Waals surface area contributed by atoms with Gasteiger partial charge in [0, 0.05) is 20.6 Å². The third-order valence-corrected chi connectivity index (χ3v) is 5.51. The highest BCUT2D eigenvalue weighted by Crippen LogP contribution is 2.37. The molecule has 0 radical (unpaired) electrons. The maximum absolute atomic E-state index is 14.2. The molecule has 0 spiro atoms. The SMILES string of the molecule is COc1cc(F)c(C(=O)Nc2scc(-c3cccc(I)c3)c2C(=O)O)c(F)c1F. The van der Waals surface area contributed by atoms with E-state index >= 15 is 0 Å². The zero-order chi connectivity index (χ0) is 21.3. The van der Waals surface area contributed by atoms with Crippen LogP contribution in [0.2, 0.25) is 0 Å². The van der Waals surface area contributed by atoms with Gasteiger partial charge in [0.15, 0.2) is 11.6 Å². The lowest BCUT2D eigenvalue weighted by Gasteiger charge is -2.10. The lowest BCUT2D eigenvalue weighted by molar-refractivity contribution is 0.0699. The fourth-order valence-electron chi connectivity index (χ4n) is 2.63. The summed E-state index contributed by atoms with van der Waals surface area (Å²) >= 11 is 2.94. The van der Waals surface area contributed by atoms with Gasteiger partial charge in [-0.2, -0.15) is 4.39 Å². The summed E-state index contributed by atoms with van der Waals surface area (Å²) in [7, 11) is 1.02. The van der Waals surface area contributed by atoms with Crippen molar-refractivity contribution in [2.24, 2.45) is 0 Å². The second kappa shape index (κ2) is 8.41. The number of ether oxygens (including phenoxy) is 1. The molecule has 0 aliphatic carbocycles. The molecule has 0 fully saturated rings. The summed E-state index contributed by atoms with van der Waals surface area (Å²) in [6.07, 6.45) is 0. The Morgan fingerprint density at radius 2 is 1.86 bits per heavy atom. The number of amides is 1. The van der Waals surface area contributed by atoms with Gasteiger partial charge in [-0.15, -0.1) is 11.3 Å². The molecule has 0 aliphatic heterocycles. The van der Waals surface area contributed by atoms with E-state index in [0.29, 0.717) is 17.2 Å².